The minimum atomic E-state index is 0.677. The van der Waals surface area contributed by atoms with E-state index >= 15 is 0 Å². The molecule has 17 heavy (non-hydrogen) atoms. The maximum atomic E-state index is 10.3. The molecule has 0 radical (unpaired) electrons. The van der Waals surface area contributed by atoms with Gasteiger partial charge < -0.3 is 0 Å². The first kappa shape index (κ1) is 11.2. The van der Waals surface area contributed by atoms with Crippen molar-refractivity contribution in [2.45, 2.75) is 6.92 Å². The molecule has 0 saturated carbocycles. The molecule has 0 spiro atoms. The fourth-order valence-electron chi connectivity index (χ4n) is 1.53. The van der Waals surface area contributed by atoms with Gasteiger partial charge in [0.15, 0.2) is 5.82 Å². The maximum Gasteiger partial charge on any atom is 0.159 e. The largest absolute Gasteiger partial charge is 0.299 e. The van der Waals surface area contributed by atoms with Crippen molar-refractivity contribution in [1.82, 2.24) is 9.97 Å². The number of rotatable bonds is 3. The molecule has 3 heteroatoms. The Labute approximate surface area is 99.9 Å². The molecule has 0 atom stereocenters. The van der Waals surface area contributed by atoms with Crippen LogP contribution >= 0.6 is 0 Å². The van der Waals surface area contributed by atoms with Gasteiger partial charge in [0.25, 0.3) is 0 Å². The average molecular weight is 224 g/mol. The highest BCUT2D eigenvalue weighted by atomic mass is 16.1. The van der Waals surface area contributed by atoms with E-state index in [1.54, 1.807) is 6.08 Å². The van der Waals surface area contributed by atoms with Gasteiger partial charge in [-0.2, -0.15) is 0 Å². The van der Waals surface area contributed by atoms with Gasteiger partial charge in [-0.05, 0) is 25.1 Å². The lowest BCUT2D eigenvalue weighted by Crippen LogP contribution is -1.94. The summed E-state index contributed by atoms with van der Waals surface area (Å²) in [5.74, 6) is 0.677. The molecule has 0 aliphatic rings. The molecule has 0 amide bonds. The number of aryl methyl sites for hydroxylation is 1. The Bertz CT molecular complexity index is 547. The van der Waals surface area contributed by atoms with Gasteiger partial charge >= 0.3 is 0 Å². The van der Waals surface area contributed by atoms with Gasteiger partial charge in [0, 0.05) is 11.3 Å². The first-order valence-electron chi connectivity index (χ1n) is 5.32. The Morgan fingerprint density at radius 2 is 1.88 bits per heavy atom. The van der Waals surface area contributed by atoms with Crippen LogP contribution in [0.5, 0.6) is 0 Å². The zero-order chi connectivity index (χ0) is 12.1. The monoisotopic (exact) mass is 224 g/mol. The van der Waals surface area contributed by atoms with E-state index < -0.39 is 0 Å². The molecule has 0 fully saturated rings. The second kappa shape index (κ2) is 5.16. The third-order valence-corrected chi connectivity index (χ3v) is 2.25. The van der Waals surface area contributed by atoms with E-state index in [2.05, 4.69) is 9.97 Å². The number of hydrogen-bond acceptors (Lipinski definition) is 3. The van der Waals surface area contributed by atoms with Gasteiger partial charge in [-0.15, -0.1) is 0 Å². The Morgan fingerprint density at radius 1 is 1.12 bits per heavy atom. The predicted molar refractivity (Wildman–Crippen MR) is 67.3 cm³/mol. The Morgan fingerprint density at radius 3 is 2.59 bits per heavy atom. The Kier molecular flexibility index (Phi) is 3.40. The number of allylic oxidation sites excluding steroid dienone is 1. The summed E-state index contributed by atoms with van der Waals surface area (Å²) in [7, 11) is 0. The molecule has 0 N–H and O–H groups in total. The molecule has 84 valence electrons. The van der Waals surface area contributed by atoms with Crippen LogP contribution in [0.2, 0.25) is 0 Å². The Hall–Kier alpha value is -2.29. The molecule has 1 aromatic heterocycles. The number of benzene rings is 1. The zero-order valence-corrected chi connectivity index (χ0v) is 9.50. The van der Waals surface area contributed by atoms with Crippen LogP contribution in [-0.2, 0) is 4.79 Å². The fraction of sp³-hybridized carbons (Fsp3) is 0.0714. The topological polar surface area (TPSA) is 42.9 Å². The third-order valence-electron chi connectivity index (χ3n) is 2.25. The van der Waals surface area contributed by atoms with Crippen LogP contribution in [0, 0.1) is 6.92 Å². The second-order valence-corrected chi connectivity index (χ2v) is 3.62. The Balaban J connectivity index is 2.45. The lowest BCUT2D eigenvalue weighted by Gasteiger charge is -2.02. The molecular weight excluding hydrogens is 212 g/mol. The van der Waals surface area contributed by atoms with Crippen LogP contribution in [-0.4, -0.2) is 16.3 Å². The summed E-state index contributed by atoms with van der Waals surface area (Å²) in [6.45, 7) is 1.91. The van der Waals surface area contributed by atoms with Gasteiger partial charge in [-0.1, -0.05) is 30.3 Å². The van der Waals surface area contributed by atoms with E-state index in [1.807, 2.05) is 43.3 Å². The highest BCUT2D eigenvalue weighted by Gasteiger charge is 2.02. The number of carbonyl (C=O) groups is 1. The van der Waals surface area contributed by atoms with Gasteiger partial charge in [0.05, 0.1) is 5.69 Å². The minimum Gasteiger partial charge on any atom is -0.299 e. The number of aromatic nitrogens is 2. The molecule has 1 aromatic carbocycles. The molecular formula is C14H12N2O. The van der Waals surface area contributed by atoms with Crippen LogP contribution in [0.25, 0.3) is 17.5 Å². The smallest absolute Gasteiger partial charge is 0.159 e. The normalized spacial score (nSPS) is 10.6. The van der Waals surface area contributed by atoms with Crippen LogP contribution in [0.3, 0.4) is 0 Å². The molecule has 0 aliphatic heterocycles. The molecule has 0 bridgehead atoms. The summed E-state index contributed by atoms with van der Waals surface area (Å²) in [5, 5.41) is 0. The van der Waals surface area contributed by atoms with Crippen LogP contribution < -0.4 is 0 Å². The standard InChI is InChI=1S/C14H12N2O/c1-11-10-13(8-5-9-17)16-14(15-11)12-6-3-2-4-7-12/h2-10H,1H3/b8-5+. The van der Waals surface area contributed by atoms with E-state index in [4.69, 9.17) is 0 Å². The summed E-state index contributed by atoms with van der Waals surface area (Å²) in [6, 6.07) is 11.6. The van der Waals surface area contributed by atoms with E-state index in [1.165, 1.54) is 6.08 Å². The molecule has 2 rings (SSSR count). The quantitative estimate of drug-likeness (QED) is 0.594. The molecule has 0 aliphatic carbocycles. The predicted octanol–water partition coefficient (Wildman–Crippen LogP) is 2.66. The highest BCUT2D eigenvalue weighted by molar-refractivity contribution is 5.73. The van der Waals surface area contributed by atoms with Crippen molar-refractivity contribution in [3.05, 3.63) is 53.9 Å². The molecule has 3 nitrogen and oxygen atoms in total. The second-order valence-electron chi connectivity index (χ2n) is 3.62. The summed E-state index contributed by atoms with van der Waals surface area (Å²) < 4.78 is 0. The number of hydrogen-bond donors (Lipinski definition) is 0. The summed E-state index contributed by atoms with van der Waals surface area (Å²) in [4.78, 5) is 19.1. The van der Waals surface area contributed by atoms with Gasteiger partial charge in [0.1, 0.15) is 6.29 Å². The first-order chi connectivity index (χ1) is 8.29. The van der Waals surface area contributed by atoms with Crippen molar-refractivity contribution in [2.24, 2.45) is 0 Å². The van der Waals surface area contributed by atoms with Crippen LogP contribution in [0.1, 0.15) is 11.4 Å². The summed E-state index contributed by atoms with van der Waals surface area (Å²) >= 11 is 0. The van der Waals surface area contributed by atoms with Crippen molar-refractivity contribution >= 4 is 12.4 Å². The van der Waals surface area contributed by atoms with E-state index in [0.29, 0.717) is 5.82 Å². The summed E-state index contributed by atoms with van der Waals surface area (Å²) in [6.07, 6.45) is 3.84. The van der Waals surface area contributed by atoms with E-state index in [9.17, 15) is 4.79 Å². The minimum absolute atomic E-state index is 0.677. The van der Waals surface area contributed by atoms with Gasteiger partial charge in [-0.3, -0.25) is 4.79 Å². The molecule has 0 saturated heterocycles. The van der Waals surface area contributed by atoms with Crippen molar-refractivity contribution in [2.75, 3.05) is 0 Å². The fourth-order valence-corrected chi connectivity index (χ4v) is 1.53. The summed E-state index contributed by atoms with van der Waals surface area (Å²) in [5.41, 5.74) is 2.59. The number of aldehydes is 1. The van der Waals surface area contributed by atoms with Crippen molar-refractivity contribution < 1.29 is 4.79 Å². The first-order valence-corrected chi connectivity index (χ1v) is 5.32. The molecule has 1 heterocycles. The lowest BCUT2D eigenvalue weighted by molar-refractivity contribution is -0.104. The zero-order valence-electron chi connectivity index (χ0n) is 9.50. The SMILES string of the molecule is Cc1cc(/C=C/C=O)nc(-c2ccccc2)n1. The van der Waals surface area contributed by atoms with E-state index in [0.717, 1.165) is 23.2 Å². The average Bonchev–Trinajstić information content (AvgIpc) is 2.37. The van der Waals surface area contributed by atoms with Crippen LogP contribution in [0.15, 0.2) is 42.5 Å². The maximum absolute atomic E-state index is 10.3. The van der Waals surface area contributed by atoms with Crippen molar-refractivity contribution in [3.8, 4) is 11.4 Å². The number of carbonyl (C=O) groups excluding carboxylic acids is 1. The van der Waals surface area contributed by atoms with Gasteiger partial charge in [-0.25, -0.2) is 9.97 Å². The number of nitrogens with zero attached hydrogens (tertiary/aromatic N) is 2. The highest BCUT2D eigenvalue weighted by Crippen LogP contribution is 2.15. The molecule has 0 unspecified atom stereocenters. The van der Waals surface area contributed by atoms with Crippen molar-refractivity contribution in [3.63, 3.8) is 0 Å². The van der Waals surface area contributed by atoms with Crippen molar-refractivity contribution in [1.29, 1.82) is 0 Å². The van der Waals surface area contributed by atoms with Crippen LogP contribution in [0.4, 0.5) is 0 Å². The lowest BCUT2D eigenvalue weighted by atomic mass is 10.2. The molecule has 2 aromatic rings. The van der Waals surface area contributed by atoms with E-state index in [-0.39, 0.29) is 0 Å². The third kappa shape index (κ3) is 2.84. The van der Waals surface area contributed by atoms with Gasteiger partial charge in [0.2, 0.25) is 0 Å².